The smallest absolute Gasteiger partial charge is 0.147 e. The topological polar surface area (TPSA) is 26.3 Å². The molecule has 1 fully saturated rings. The van der Waals surface area contributed by atoms with Crippen LogP contribution < -0.4 is 0 Å². The van der Waals surface area contributed by atoms with Crippen molar-refractivity contribution in [3.8, 4) is 0 Å². The molecule has 0 saturated heterocycles. The van der Waals surface area contributed by atoms with Crippen LogP contribution in [0, 0.1) is 5.92 Å². The van der Waals surface area contributed by atoms with Gasteiger partial charge >= 0.3 is 0 Å². The summed E-state index contributed by atoms with van der Waals surface area (Å²) in [6, 6.07) is 0. The minimum Gasteiger partial charge on any atom is -0.500 e. The van der Waals surface area contributed by atoms with Crippen LogP contribution in [0.15, 0.2) is 35.6 Å². The van der Waals surface area contributed by atoms with Gasteiger partial charge in [0.25, 0.3) is 0 Å². The summed E-state index contributed by atoms with van der Waals surface area (Å²) in [5.41, 5.74) is 1.19. The van der Waals surface area contributed by atoms with E-state index in [1.807, 2.05) is 24.3 Å². The van der Waals surface area contributed by atoms with Gasteiger partial charge in [0.05, 0.1) is 13.0 Å². The van der Waals surface area contributed by atoms with Gasteiger partial charge in [-0.15, -0.1) is 0 Å². The summed E-state index contributed by atoms with van der Waals surface area (Å²) >= 11 is 0. The van der Waals surface area contributed by atoms with E-state index in [4.69, 9.17) is 4.74 Å². The molecule has 0 radical (unpaired) electrons. The maximum atomic E-state index is 11.5. The molecule has 1 saturated carbocycles. The molecule has 2 rings (SSSR count). The zero-order chi connectivity index (χ0) is 9.26. The highest BCUT2D eigenvalue weighted by Gasteiger charge is 2.33. The fourth-order valence-electron chi connectivity index (χ4n) is 1.90. The lowest BCUT2D eigenvalue weighted by Crippen LogP contribution is -2.12. The van der Waals surface area contributed by atoms with Crippen LogP contribution in [0.2, 0.25) is 0 Å². The van der Waals surface area contributed by atoms with Crippen LogP contribution in [-0.2, 0) is 9.53 Å². The molecular weight excluding hydrogens is 164 g/mol. The standard InChI is InChI=1S/C11H12O2/c1-13-10-5-3-2-4-8-6-7-9(12)11(8)10/h2-5,11H,6-7H2,1H3. The van der Waals surface area contributed by atoms with E-state index < -0.39 is 0 Å². The molecule has 0 bridgehead atoms. The number of carbonyl (C=O) groups excluding carboxylic acids is 1. The number of Topliss-reactive ketones (excluding diaryl/α,β-unsaturated/α-hetero) is 1. The monoisotopic (exact) mass is 176 g/mol. The van der Waals surface area contributed by atoms with Crippen molar-refractivity contribution in [3.63, 3.8) is 0 Å². The predicted octanol–water partition coefficient (Wildman–Crippen LogP) is 1.99. The highest BCUT2D eigenvalue weighted by atomic mass is 16.5. The van der Waals surface area contributed by atoms with E-state index in [2.05, 4.69) is 0 Å². The van der Waals surface area contributed by atoms with Gasteiger partial charge in [-0.05, 0) is 12.5 Å². The maximum absolute atomic E-state index is 11.5. The minimum atomic E-state index is -0.0972. The van der Waals surface area contributed by atoms with Gasteiger partial charge < -0.3 is 4.74 Å². The van der Waals surface area contributed by atoms with Crippen LogP contribution >= 0.6 is 0 Å². The Morgan fingerprint density at radius 2 is 2.08 bits per heavy atom. The molecule has 2 heteroatoms. The van der Waals surface area contributed by atoms with Crippen molar-refractivity contribution in [1.29, 1.82) is 0 Å². The van der Waals surface area contributed by atoms with Crippen LogP contribution in [0.25, 0.3) is 0 Å². The number of hydrogen-bond donors (Lipinski definition) is 0. The molecular formula is C11H12O2. The summed E-state index contributed by atoms with van der Waals surface area (Å²) in [5.74, 6) is 0.963. The number of fused-ring (bicyclic) bond motifs is 1. The largest absolute Gasteiger partial charge is 0.500 e. The number of ether oxygens (including phenoxy) is 1. The third-order valence-electron chi connectivity index (χ3n) is 2.55. The van der Waals surface area contributed by atoms with Gasteiger partial charge in [-0.1, -0.05) is 23.8 Å². The maximum Gasteiger partial charge on any atom is 0.147 e. The summed E-state index contributed by atoms with van der Waals surface area (Å²) in [4.78, 5) is 11.5. The van der Waals surface area contributed by atoms with Gasteiger partial charge in [-0.25, -0.2) is 0 Å². The minimum absolute atomic E-state index is 0.0972. The molecule has 1 atom stereocenters. The lowest BCUT2D eigenvalue weighted by molar-refractivity contribution is -0.120. The van der Waals surface area contributed by atoms with E-state index in [0.29, 0.717) is 6.42 Å². The summed E-state index contributed by atoms with van der Waals surface area (Å²) in [6.07, 6.45) is 9.32. The number of allylic oxidation sites excluding steroid dienone is 5. The third kappa shape index (κ3) is 1.32. The molecule has 0 aromatic carbocycles. The lowest BCUT2D eigenvalue weighted by atomic mass is 10.00. The fourth-order valence-corrected chi connectivity index (χ4v) is 1.90. The van der Waals surface area contributed by atoms with Crippen molar-refractivity contribution in [2.45, 2.75) is 12.8 Å². The third-order valence-corrected chi connectivity index (χ3v) is 2.55. The van der Waals surface area contributed by atoms with Crippen molar-refractivity contribution in [1.82, 2.24) is 0 Å². The molecule has 0 spiro atoms. The lowest BCUT2D eigenvalue weighted by Gasteiger charge is -2.12. The number of rotatable bonds is 1. The number of hydrogen-bond acceptors (Lipinski definition) is 2. The Morgan fingerprint density at radius 1 is 1.31 bits per heavy atom. The van der Waals surface area contributed by atoms with Gasteiger partial charge in [0, 0.05) is 6.42 Å². The van der Waals surface area contributed by atoms with Crippen LogP contribution in [0.4, 0.5) is 0 Å². The molecule has 1 unspecified atom stereocenters. The van der Waals surface area contributed by atoms with Crippen molar-refractivity contribution in [2.75, 3.05) is 7.11 Å². The molecule has 0 aromatic rings. The second-order valence-corrected chi connectivity index (χ2v) is 3.30. The normalized spacial score (nSPS) is 26.2. The first-order chi connectivity index (χ1) is 6.33. The highest BCUT2D eigenvalue weighted by Crippen LogP contribution is 2.34. The summed E-state index contributed by atoms with van der Waals surface area (Å²) in [7, 11) is 1.62. The zero-order valence-electron chi connectivity index (χ0n) is 7.62. The van der Waals surface area contributed by atoms with Crippen LogP contribution in [-0.4, -0.2) is 12.9 Å². The highest BCUT2D eigenvalue weighted by molar-refractivity contribution is 5.89. The van der Waals surface area contributed by atoms with E-state index >= 15 is 0 Å². The fraction of sp³-hybridized carbons (Fsp3) is 0.364. The second-order valence-electron chi connectivity index (χ2n) is 3.30. The number of carbonyl (C=O) groups is 1. The Labute approximate surface area is 77.6 Å². The molecule has 2 aliphatic rings. The quantitative estimate of drug-likeness (QED) is 0.610. The van der Waals surface area contributed by atoms with Crippen LogP contribution in [0.5, 0.6) is 0 Å². The zero-order valence-corrected chi connectivity index (χ0v) is 7.62. The second kappa shape index (κ2) is 3.21. The van der Waals surface area contributed by atoms with Crippen molar-refractivity contribution in [3.05, 3.63) is 35.6 Å². The summed E-state index contributed by atoms with van der Waals surface area (Å²) in [6.45, 7) is 0. The van der Waals surface area contributed by atoms with Crippen LogP contribution in [0.1, 0.15) is 12.8 Å². The van der Waals surface area contributed by atoms with Gasteiger partial charge in [-0.2, -0.15) is 0 Å². The first-order valence-corrected chi connectivity index (χ1v) is 4.47. The van der Waals surface area contributed by atoms with E-state index in [1.54, 1.807) is 7.11 Å². The molecule has 0 amide bonds. The average Bonchev–Trinajstić information content (AvgIpc) is 2.39. The Kier molecular flexibility index (Phi) is 2.05. The van der Waals surface area contributed by atoms with Crippen molar-refractivity contribution < 1.29 is 9.53 Å². The SMILES string of the molecule is COC1=CC=CC=C2CCC(=O)C21. The Hall–Kier alpha value is -1.31. The number of methoxy groups -OCH3 is 1. The summed E-state index contributed by atoms with van der Waals surface area (Å²) < 4.78 is 5.20. The van der Waals surface area contributed by atoms with Gasteiger partial charge in [0.2, 0.25) is 0 Å². The number of ketones is 1. The first-order valence-electron chi connectivity index (χ1n) is 4.47. The Morgan fingerprint density at radius 3 is 2.85 bits per heavy atom. The molecule has 2 nitrogen and oxygen atoms in total. The van der Waals surface area contributed by atoms with E-state index in [-0.39, 0.29) is 11.7 Å². The molecule has 13 heavy (non-hydrogen) atoms. The predicted molar refractivity (Wildman–Crippen MR) is 50.0 cm³/mol. The molecule has 2 aliphatic carbocycles. The van der Waals surface area contributed by atoms with E-state index in [9.17, 15) is 4.79 Å². The van der Waals surface area contributed by atoms with Crippen molar-refractivity contribution >= 4 is 5.78 Å². The first kappa shape index (κ1) is 8.30. The summed E-state index contributed by atoms with van der Waals surface area (Å²) in [5, 5.41) is 0. The molecule has 0 aliphatic heterocycles. The Bertz CT molecular complexity index is 321. The van der Waals surface area contributed by atoms with Gasteiger partial charge in [0.1, 0.15) is 11.5 Å². The molecule has 0 N–H and O–H groups in total. The average molecular weight is 176 g/mol. The molecule has 0 heterocycles. The van der Waals surface area contributed by atoms with E-state index in [1.165, 1.54) is 5.57 Å². The van der Waals surface area contributed by atoms with E-state index in [0.717, 1.165) is 12.2 Å². The molecule has 0 aromatic heterocycles. The molecule has 68 valence electrons. The Balaban J connectivity index is 2.40. The van der Waals surface area contributed by atoms with Crippen LogP contribution in [0.3, 0.4) is 0 Å². The van der Waals surface area contributed by atoms with Gasteiger partial charge in [-0.3, -0.25) is 4.79 Å². The van der Waals surface area contributed by atoms with Crippen molar-refractivity contribution in [2.24, 2.45) is 5.92 Å². The van der Waals surface area contributed by atoms with Gasteiger partial charge in [0.15, 0.2) is 0 Å².